The number of thioether (sulfide) groups is 1. The number of para-hydroxylation sites is 1. The summed E-state index contributed by atoms with van der Waals surface area (Å²) in [5.74, 6) is 2.01. The lowest BCUT2D eigenvalue weighted by Gasteiger charge is -2.06. The summed E-state index contributed by atoms with van der Waals surface area (Å²) < 4.78 is 2.12. The van der Waals surface area contributed by atoms with Crippen LogP contribution in [0.1, 0.15) is 11.1 Å². The van der Waals surface area contributed by atoms with Crippen LogP contribution in [-0.4, -0.2) is 27.2 Å². The number of imide groups is 1. The van der Waals surface area contributed by atoms with E-state index in [2.05, 4.69) is 10.5 Å². The van der Waals surface area contributed by atoms with E-state index >= 15 is 0 Å². The van der Waals surface area contributed by atoms with Crippen molar-refractivity contribution in [2.24, 2.45) is 0 Å². The number of carbonyl (C=O) groups is 2. The van der Waals surface area contributed by atoms with Crippen LogP contribution in [0.15, 0.2) is 59.6 Å². The fraction of sp³-hybridized carbons (Fsp3) is 0.0909. The Labute approximate surface area is 171 Å². The zero-order valence-electron chi connectivity index (χ0n) is 14.8. The summed E-state index contributed by atoms with van der Waals surface area (Å²) in [7, 11) is 0. The number of benzene rings is 2. The Morgan fingerprint density at radius 1 is 1.11 bits per heavy atom. The molecule has 0 N–H and O–H groups in total. The highest BCUT2D eigenvalue weighted by atomic mass is 35.5. The van der Waals surface area contributed by atoms with E-state index in [1.165, 1.54) is 0 Å². The van der Waals surface area contributed by atoms with E-state index in [-0.39, 0.29) is 17.7 Å². The SMILES string of the molecule is C#CCN1C(=O)SC(=Cc2cn(Cc3ccc(Cl)cc3)c3ccccc23)C1=O. The van der Waals surface area contributed by atoms with Gasteiger partial charge in [-0.2, -0.15) is 0 Å². The van der Waals surface area contributed by atoms with Gasteiger partial charge in [0.15, 0.2) is 0 Å². The number of hydrogen-bond acceptors (Lipinski definition) is 3. The van der Waals surface area contributed by atoms with Gasteiger partial charge in [-0.3, -0.25) is 14.5 Å². The highest BCUT2D eigenvalue weighted by molar-refractivity contribution is 8.18. The Morgan fingerprint density at radius 2 is 1.86 bits per heavy atom. The van der Waals surface area contributed by atoms with Crippen LogP contribution in [0.4, 0.5) is 4.79 Å². The van der Waals surface area contributed by atoms with Gasteiger partial charge in [0.25, 0.3) is 11.1 Å². The number of halogens is 1. The number of terminal acetylenes is 1. The number of hydrogen-bond donors (Lipinski definition) is 0. The molecule has 0 saturated carbocycles. The first-order chi connectivity index (χ1) is 13.6. The summed E-state index contributed by atoms with van der Waals surface area (Å²) in [4.78, 5) is 26.0. The standard InChI is InChI=1S/C22H15ClN2O2S/c1-2-11-25-21(26)20(28-22(25)27)12-16-14-24(19-6-4-3-5-18(16)19)13-15-7-9-17(23)10-8-15/h1,3-10,12,14H,11,13H2. The second-order valence-corrected chi connectivity index (χ2v) is 7.76. The topological polar surface area (TPSA) is 42.3 Å². The van der Waals surface area contributed by atoms with Gasteiger partial charge >= 0.3 is 0 Å². The van der Waals surface area contributed by atoms with E-state index in [1.54, 1.807) is 6.08 Å². The lowest BCUT2D eigenvalue weighted by atomic mass is 10.1. The second kappa shape index (κ2) is 7.59. The first-order valence-electron chi connectivity index (χ1n) is 8.58. The zero-order valence-corrected chi connectivity index (χ0v) is 16.3. The van der Waals surface area contributed by atoms with Gasteiger partial charge in [-0.25, -0.2) is 0 Å². The molecule has 4 nitrogen and oxygen atoms in total. The lowest BCUT2D eigenvalue weighted by Crippen LogP contribution is -2.28. The molecule has 0 unspecified atom stereocenters. The van der Waals surface area contributed by atoms with Gasteiger partial charge in [0.1, 0.15) is 0 Å². The molecule has 1 saturated heterocycles. The molecular weight excluding hydrogens is 392 g/mol. The third-order valence-corrected chi connectivity index (χ3v) is 5.65. The van der Waals surface area contributed by atoms with E-state index in [4.69, 9.17) is 18.0 Å². The van der Waals surface area contributed by atoms with Crippen molar-refractivity contribution in [2.75, 3.05) is 6.54 Å². The average Bonchev–Trinajstić information content (AvgIpc) is 3.17. The summed E-state index contributed by atoms with van der Waals surface area (Å²) >= 11 is 6.90. The van der Waals surface area contributed by atoms with Gasteiger partial charge in [0.05, 0.1) is 11.4 Å². The van der Waals surface area contributed by atoms with Gasteiger partial charge in [-0.15, -0.1) is 6.42 Å². The van der Waals surface area contributed by atoms with E-state index in [9.17, 15) is 9.59 Å². The van der Waals surface area contributed by atoms with Crippen molar-refractivity contribution in [1.82, 2.24) is 9.47 Å². The molecule has 0 aliphatic carbocycles. The molecule has 6 heteroatoms. The summed E-state index contributed by atoms with van der Waals surface area (Å²) in [5, 5.41) is 1.38. The van der Waals surface area contributed by atoms with E-state index in [0.29, 0.717) is 16.5 Å². The van der Waals surface area contributed by atoms with Crippen molar-refractivity contribution >= 4 is 51.5 Å². The van der Waals surface area contributed by atoms with E-state index in [0.717, 1.165) is 38.7 Å². The molecule has 28 heavy (non-hydrogen) atoms. The third kappa shape index (κ3) is 3.45. The molecule has 1 fully saturated rings. The van der Waals surface area contributed by atoms with Gasteiger partial charge in [-0.1, -0.05) is 47.9 Å². The van der Waals surface area contributed by atoms with Crippen molar-refractivity contribution < 1.29 is 9.59 Å². The molecule has 1 aliphatic heterocycles. The number of aromatic nitrogens is 1. The first kappa shape index (κ1) is 18.4. The van der Waals surface area contributed by atoms with E-state index < -0.39 is 0 Å². The summed E-state index contributed by atoms with van der Waals surface area (Å²) in [6.45, 7) is 0.657. The molecule has 3 aromatic rings. The second-order valence-electron chi connectivity index (χ2n) is 6.33. The molecule has 4 rings (SSSR count). The smallest absolute Gasteiger partial charge is 0.294 e. The maximum absolute atomic E-state index is 12.5. The molecule has 138 valence electrons. The minimum atomic E-state index is -0.345. The Kier molecular flexibility index (Phi) is 4.99. The molecule has 2 heterocycles. The number of amides is 2. The van der Waals surface area contributed by atoms with Crippen LogP contribution in [0.5, 0.6) is 0 Å². The Hall–Kier alpha value is -2.94. The predicted octanol–water partition coefficient (Wildman–Crippen LogP) is 5.01. The molecule has 1 aromatic heterocycles. The van der Waals surface area contributed by atoms with Crippen LogP contribution in [0, 0.1) is 12.3 Å². The van der Waals surface area contributed by atoms with Crippen LogP contribution in [0.25, 0.3) is 17.0 Å². The van der Waals surface area contributed by atoms with Crippen molar-refractivity contribution in [2.45, 2.75) is 6.54 Å². The minimum Gasteiger partial charge on any atom is -0.342 e. The maximum Gasteiger partial charge on any atom is 0.294 e. The third-order valence-electron chi connectivity index (χ3n) is 4.50. The highest BCUT2D eigenvalue weighted by Gasteiger charge is 2.34. The van der Waals surface area contributed by atoms with Crippen molar-refractivity contribution in [3.05, 3.63) is 75.8 Å². The summed E-state index contributed by atoms with van der Waals surface area (Å²) in [5.41, 5.74) is 3.05. The normalized spacial score (nSPS) is 15.6. The first-order valence-corrected chi connectivity index (χ1v) is 9.77. The van der Waals surface area contributed by atoms with Crippen LogP contribution >= 0.6 is 23.4 Å². The Morgan fingerprint density at radius 3 is 2.61 bits per heavy atom. The number of rotatable bonds is 4. The predicted molar refractivity (Wildman–Crippen MR) is 114 cm³/mol. The molecule has 1 aliphatic rings. The molecule has 0 bridgehead atoms. The number of nitrogens with zero attached hydrogens (tertiary/aromatic N) is 2. The minimum absolute atomic E-state index is 0.0136. The van der Waals surface area contributed by atoms with Gasteiger partial charge in [0.2, 0.25) is 0 Å². The van der Waals surface area contributed by atoms with Gasteiger partial charge < -0.3 is 4.57 Å². The Balaban J connectivity index is 1.73. The fourth-order valence-electron chi connectivity index (χ4n) is 3.18. The summed E-state index contributed by atoms with van der Waals surface area (Å²) in [6, 6.07) is 15.7. The average molecular weight is 407 g/mol. The molecule has 0 spiro atoms. The van der Waals surface area contributed by atoms with Crippen molar-refractivity contribution in [3.63, 3.8) is 0 Å². The fourth-order valence-corrected chi connectivity index (χ4v) is 4.13. The molecule has 0 atom stereocenters. The van der Waals surface area contributed by atoms with Crippen molar-refractivity contribution in [1.29, 1.82) is 0 Å². The molecular formula is C22H15ClN2O2S. The quantitative estimate of drug-likeness (QED) is 0.451. The van der Waals surface area contributed by atoms with Crippen LogP contribution < -0.4 is 0 Å². The largest absolute Gasteiger partial charge is 0.342 e. The van der Waals surface area contributed by atoms with Crippen LogP contribution in [0.2, 0.25) is 5.02 Å². The van der Waals surface area contributed by atoms with E-state index in [1.807, 2.05) is 54.7 Å². The monoisotopic (exact) mass is 406 g/mol. The Bertz CT molecular complexity index is 1160. The summed E-state index contributed by atoms with van der Waals surface area (Å²) in [6.07, 6.45) is 9.02. The number of carbonyl (C=O) groups excluding carboxylic acids is 2. The van der Waals surface area contributed by atoms with Crippen LogP contribution in [0.3, 0.4) is 0 Å². The zero-order chi connectivity index (χ0) is 19.7. The molecule has 2 amide bonds. The number of fused-ring (bicyclic) bond motifs is 1. The lowest BCUT2D eigenvalue weighted by molar-refractivity contribution is -0.122. The van der Waals surface area contributed by atoms with Gasteiger partial charge in [-0.05, 0) is 41.6 Å². The highest BCUT2D eigenvalue weighted by Crippen LogP contribution is 2.34. The van der Waals surface area contributed by atoms with Gasteiger partial charge in [0, 0.05) is 34.2 Å². The van der Waals surface area contributed by atoms with Crippen LogP contribution in [-0.2, 0) is 11.3 Å². The molecule has 2 aromatic carbocycles. The van der Waals surface area contributed by atoms with Crippen molar-refractivity contribution in [3.8, 4) is 12.3 Å². The molecule has 0 radical (unpaired) electrons. The maximum atomic E-state index is 12.5.